The summed E-state index contributed by atoms with van der Waals surface area (Å²) >= 11 is 6.51. The Balaban J connectivity index is 1.83. The highest BCUT2D eigenvalue weighted by atomic mass is 35.5. The molecule has 1 unspecified atom stereocenters. The van der Waals surface area contributed by atoms with Gasteiger partial charge in [-0.25, -0.2) is 28.3 Å². The number of benzene rings is 1. The molecule has 8 nitrogen and oxygen atoms in total. The van der Waals surface area contributed by atoms with Gasteiger partial charge in [0.25, 0.3) is 5.91 Å². The van der Waals surface area contributed by atoms with Crippen LogP contribution in [0.1, 0.15) is 26.3 Å². The number of fused-ring (bicyclic) bond motifs is 1. The summed E-state index contributed by atoms with van der Waals surface area (Å²) in [7, 11) is 1.10. The quantitative estimate of drug-likeness (QED) is 0.258. The van der Waals surface area contributed by atoms with Crippen molar-refractivity contribution in [1.82, 2.24) is 9.88 Å². The molecule has 3 aromatic rings. The number of halogens is 6. The van der Waals surface area contributed by atoms with E-state index in [1.54, 1.807) is 0 Å². The number of ether oxygens (including phenoxy) is 1. The summed E-state index contributed by atoms with van der Waals surface area (Å²) in [4.78, 5) is 45.8. The van der Waals surface area contributed by atoms with Gasteiger partial charge in [0, 0.05) is 12.4 Å². The van der Waals surface area contributed by atoms with Gasteiger partial charge < -0.3 is 9.64 Å². The van der Waals surface area contributed by atoms with E-state index in [0.29, 0.717) is 15.9 Å². The van der Waals surface area contributed by atoms with E-state index in [4.69, 9.17) is 16.3 Å². The largest absolute Gasteiger partial charge is 0.443 e. The van der Waals surface area contributed by atoms with Crippen LogP contribution in [-0.2, 0) is 15.7 Å². The van der Waals surface area contributed by atoms with Crippen LogP contribution in [0.25, 0.3) is 10.2 Å². The molecule has 1 atom stereocenters. The number of alkyl halides is 3. The fourth-order valence-corrected chi connectivity index (χ4v) is 4.87. The summed E-state index contributed by atoms with van der Waals surface area (Å²) in [6.45, 7) is 3.94. The van der Waals surface area contributed by atoms with Gasteiger partial charge in [-0.1, -0.05) is 11.6 Å². The van der Waals surface area contributed by atoms with Crippen LogP contribution < -0.4 is 9.80 Å². The number of carbonyl (C=O) groups is 3. The number of hydrogen-bond acceptors (Lipinski definition) is 6. The average Bonchev–Trinajstić information content (AvgIpc) is 3.43. The Morgan fingerprint density at radius 1 is 1.18 bits per heavy atom. The Bertz CT molecular complexity index is 1490. The van der Waals surface area contributed by atoms with Gasteiger partial charge >= 0.3 is 18.3 Å². The van der Waals surface area contributed by atoms with Crippen LogP contribution in [0.3, 0.4) is 0 Å². The number of nitrogens with zero attached hydrogens (tertiary/aromatic N) is 4. The first-order chi connectivity index (χ1) is 18.0. The van der Waals surface area contributed by atoms with Gasteiger partial charge in [-0.05, 0) is 50.4 Å². The molecule has 4 amide bonds. The Labute approximate surface area is 227 Å². The van der Waals surface area contributed by atoms with E-state index in [0.717, 1.165) is 35.4 Å². The molecule has 1 fully saturated rings. The van der Waals surface area contributed by atoms with Gasteiger partial charge in [-0.3, -0.25) is 9.69 Å². The fraction of sp³-hybridized carbons (Fsp3) is 0.333. The molecule has 208 valence electrons. The molecule has 1 aliphatic rings. The van der Waals surface area contributed by atoms with Gasteiger partial charge in [-0.15, -0.1) is 11.3 Å². The first-order valence-corrected chi connectivity index (χ1v) is 12.5. The maximum Gasteiger partial charge on any atom is 0.418 e. The predicted octanol–water partition coefficient (Wildman–Crippen LogP) is 6.46. The van der Waals surface area contributed by atoms with Crippen LogP contribution in [0.5, 0.6) is 0 Å². The number of urea groups is 1. The highest BCUT2D eigenvalue weighted by Crippen LogP contribution is 2.40. The number of amides is 4. The van der Waals surface area contributed by atoms with Crippen molar-refractivity contribution in [2.24, 2.45) is 0 Å². The van der Waals surface area contributed by atoms with Gasteiger partial charge in [-0.2, -0.15) is 13.2 Å². The molecular weight excluding hydrogens is 571 g/mol. The zero-order valence-electron chi connectivity index (χ0n) is 20.8. The molecule has 4 rings (SSSR count). The van der Waals surface area contributed by atoms with Crippen LogP contribution in [0.2, 0.25) is 5.02 Å². The third kappa shape index (κ3) is 5.35. The molecule has 0 aliphatic carbocycles. The normalized spacial score (nSPS) is 16.3. The number of rotatable bonds is 3. The van der Waals surface area contributed by atoms with Crippen molar-refractivity contribution in [3.05, 3.63) is 51.9 Å². The lowest BCUT2D eigenvalue weighted by molar-refractivity contribution is -0.136. The molecular formula is C24H20ClF5N4O4S. The number of aromatic nitrogens is 1. The Morgan fingerprint density at radius 2 is 1.85 bits per heavy atom. The second-order valence-electron chi connectivity index (χ2n) is 9.52. The van der Waals surface area contributed by atoms with E-state index in [1.807, 2.05) is 0 Å². The number of pyridine rings is 1. The van der Waals surface area contributed by atoms with E-state index in [-0.39, 0.29) is 10.2 Å². The van der Waals surface area contributed by atoms with Crippen molar-refractivity contribution < 1.29 is 41.1 Å². The van der Waals surface area contributed by atoms with Gasteiger partial charge in [0.05, 0.1) is 17.8 Å². The van der Waals surface area contributed by atoms with Crippen LogP contribution in [0.15, 0.2) is 29.6 Å². The highest BCUT2D eigenvalue weighted by molar-refractivity contribution is 7.16. The molecule has 0 N–H and O–H groups in total. The molecule has 1 aromatic carbocycles. The molecule has 0 radical (unpaired) electrons. The third-order valence-electron chi connectivity index (χ3n) is 5.69. The number of imide groups is 1. The first kappa shape index (κ1) is 28.5. The lowest BCUT2D eigenvalue weighted by Crippen LogP contribution is -2.47. The Morgan fingerprint density at radius 3 is 2.46 bits per heavy atom. The summed E-state index contributed by atoms with van der Waals surface area (Å²) in [6.07, 6.45) is -5.99. The van der Waals surface area contributed by atoms with Crippen LogP contribution >= 0.6 is 22.9 Å². The number of anilines is 2. The SMILES string of the molecule is CN(C(=O)C1CN(C(=O)OC(C)(C)C)C(=O)N1c1cc(C(F)(F)F)c2ccsc2n1)c1ccc(F)c(Cl)c1F. The lowest BCUT2D eigenvalue weighted by atomic mass is 10.1. The van der Waals surface area contributed by atoms with Crippen molar-refractivity contribution in [2.75, 3.05) is 23.4 Å². The Kier molecular flexibility index (Phi) is 7.23. The Hall–Kier alpha value is -3.52. The highest BCUT2D eigenvalue weighted by Gasteiger charge is 2.49. The van der Waals surface area contributed by atoms with Crippen LogP contribution in [0.4, 0.5) is 43.0 Å². The smallest absolute Gasteiger partial charge is 0.418 e. The molecule has 1 aliphatic heterocycles. The van der Waals surface area contributed by atoms with Crippen molar-refractivity contribution in [3.8, 4) is 0 Å². The summed E-state index contributed by atoms with van der Waals surface area (Å²) in [5, 5.41) is 0.281. The molecule has 0 saturated carbocycles. The van der Waals surface area contributed by atoms with E-state index in [1.165, 1.54) is 32.2 Å². The first-order valence-electron chi connectivity index (χ1n) is 11.2. The average molecular weight is 591 g/mol. The molecule has 0 spiro atoms. The molecule has 15 heteroatoms. The van der Waals surface area contributed by atoms with Gasteiger partial charge in [0.2, 0.25) is 0 Å². The second-order valence-corrected chi connectivity index (χ2v) is 10.8. The summed E-state index contributed by atoms with van der Waals surface area (Å²) in [5.74, 6) is -3.93. The number of hydrogen-bond donors (Lipinski definition) is 0. The predicted molar refractivity (Wildman–Crippen MR) is 134 cm³/mol. The van der Waals surface area contributed by atoms with E-state index < -0.39 is 76.1 Å². The maximum absolute atomic E-state index is 14.7. The van der Waals surface area contributed by atoms with Crippen molar-refractivity contribution in [3.63, 3.8) is 0 Å². The minimum Gasteiger partial charge on any atom is -0.443 e. The van der Waals surface area contributed by atoms with Gasteiger partial charge in [0.1, 0.15) is 33.1 Å². The summed E-state index contributed by atoms with van der Waals surface area (Å²) < 4.78 is 75.3. The maximum atomic E-state index is 14.7. The number of likely N-dealkylation sites (N-methyl/N-ethyl adjacent to an activating group) is 1. The van der Waals surface area contributed by atoms with Gasteiger partial charge in [0.15, 0.2) is 5.82 Å². The second kappa shape index (κ2) is 9.90. The fourth-order valence-electron chi connectivity index (χ4n) is 3.92. The summed E-state index contributed by atoms with van der Waals surface area (Å²) in [5.41, 5.74) is -2.62. The van der Waals surface area contributed by atoms with E-state index >= 15 is 0 Å². The third-order valence-corrected chi connectivity index (χ3v) is 6.84. The number of thiophene rings is 1. The monoisotopic (exact) mass is 590 g/mol. The molecule has 2 aromatic heterocycles. The van der Waals surface area contributed by atoms with Crippen molar-refractivity contribution in [2.45, 2.75) is 38.6 Å². The van der Waals surface area contributed by atoms with E-state index in [2.05, 4.69) is 4.98 Å². The number of carbonyl (C=O) groups excluding carboxylic acids is 3. The molecule has 1 saturated heterocycles. The van der Waals surface area contributed by atoms with E-state index in [9.17, 15) is 36.3 Å². The minimum absolute atomic E-state index is 0.0701. The zero-order valence-corrected chi connectivity index (χ0v) is 22.3. The van der Waals surface area contributed by atoms with Crippen LogP contribution in [-0.4, -0.2) is 53.2 Å². The standard InChI is InChI=1S/C24H20ClF5N4O4S/c1-23(2,3)38-22(37)33-10-15(20(35)32(4)14-6-5-13(26)17(25)18(14)27)34(21(33)36)16-9-12(24(28,29)30)11-7-8-39-19(11)31-16/h5-9,15H,10H2,1-4H3. The van der Waals surface area contributed by atoms with Crippen molar-refractivity contribution in [1.29, 1.82) is 0 Å². The minimum atomic E-state index is -4.84. The molecule has 3 heterocycles. The van der Waals surface area contributed by atoms with Crippen molar-refractivity contribution >= 4 is 62.7 Å². The molecule has 39 heavy (non-hydrogen) atoms. The lowest BCUT2D eigenvalue weighted by Gasteiger charge is -2.27. The zero-order chi connectivity index (χ0) is 29.0. The molecule has 0 bridgehead atoms. The van der Waals surface area contributed by atoms with Crippen LogP contribution in [0, 0.1) is 11.6 Å². The summed E-state index contributed by atoms with van der Waals surface area (Å²) in [6, 6.07) is 0.738. The topological polar surface area (TPSA) is 83.1 Å².